The molecule has 0 bridgehead atoms. The third kappa shape index (κ3) is 8.09. The maximum atomic E-state index is 12.3. The Morgan fingerprint density at radius 3 is 2.04 bits per heavy atom. The first-order chi connectivity index (χ1) is 13.7. The smallest absolute Gasteiger partial charge is 0.343 e. The summed E-state index contributed by atoms with van der Waals surface area (Å²) in [6.07, 6.45) is 7.07. The Morgan fingerprint density at radius 2 is 1.39 bits per heavy atom. The minimum Gasteiger partial charge on any atom is -0.494 e. The van der Waals surface area contributed by atoms with Gasteiger partial charge in [-0.25, -0.2) is 4.79 Å². The van der Waals surface area contributed by atoms with Crippen LogP contribution in [0.3, 0.4) is 0 Å². The second kappa shape index (κ2) is 12.9. The lowest BCUT2D eigenvalue weighted by molar-refractivity contribution is 0.0734. The fraction of sp³-hybridized carbons (Fsp3) is 0.348. The first-order valence-corrected chi connectivity index (χ1v) is 10.3. The van der Waals surface area contributed by atoms with Crippen molar-refractivity contribution in [1.29, 1.82) is 0 Å². The topological polar surface area (TPSA) is 44.8 Å². The Hall–Kier alpha value is -2.40. The van der Waals surface area contributed by atoms with Gasteiger partial charge in [0.25, 0.3) is 0 Å². The lowest BCUT2D eigenvalue weighted by Crippen LogP contribution is -2.08. The van der Waals surface area contributed by atoms with E-state index in [9.17, 15) is 4.79 Å². The summed E-state index contributed by atoms with van der Waals surface area (Å²) in [5.74, 6) is 2.49. The highest BCUT2D eigenvalue weighted by atomic mass is 32.1. The Kier molecular flexibility index (Phi) is 10.1. The molecule has 0 unspecified atom stereocenters. The van der Waals surface area contributed by atoms with Gasteiger partial charge in [-0.05, 0) is 73.5 Å². The molecule has 2 aromatic rings. The van der Waals surface area contributed by atoms with Crippen molar-refractivity contribution in [3.63, 3.8) is 0 Å². The van der Waals surface area contributed by atoms with E-state index in [1.807, 2.05) is 0 Å². The summed E-state index contributed by atoms with van der Waals surface area (Å²) < 4.78 is 16.6. The molecule has 2 rings (SSSR count). The molecule has 0 heterocycles. The molecule has 0 aromatic heterocycles. The number of benzene rings is 2. The monoisotopic (exact) mass is 400 g/mol. The molecule has 28 heavy (non-hydrogen) atoms. The first-order valence-electron chi connectivity index (χ1n) is 9.62. The molecule has 4 nitrogen and oxygen atoms in total. The number of esters is 1. The zero-order chi connectivity index (χ0) is 20.0. The quantitative estimate of drug-likeness (QED) is 0.153. The molecule has 0 spiro atoms. The number of rotatable bonds is 13. The Balaban J connectivity index is 1.76. The molecule has 2 aromatic carbocycles. The summed E-state index contributed by atoms with van der Waals surface area (Å²) in [4.78, 5) is 12.3. The molecule has 0 amide bonds. The van der Waals surface area contributed by atoms with Gasteiger partial charge in [0.15, 0.2) is 0 Å². The lowest BCUT2D eigenvalue weighted by Gasteiger charge is -2.08. The number of hydrogen-bond donors (Lipinski definition) is 1. The molecule has 5 heteroatoms. The van der Waals surface area contributed by atoms with Crippen LogP contribution in [0.25, 0.3) is 0 Å². The maximum Gasteiger partial charge on any atom is 0.343 e. The van der Waals surface area contributed by atoms with E-state index in [0.29, 0.717) is 24.5 Å². The minimum absolute atomic E-state index is 0.404. The van der Waals surface area contributed by atoms with E-state index in [2.05, 4.69) is 19.2 Å². The SMILES string of the molecule is C=CCCOc1ccc(OC(=O)c2ccc(OCCCCCCS)cc2)cc1. The second-order valence-electron chi connectivity index (χ2n) is 6.30. The molecule has 0 saturated heterocycles. The van der Waals surface area contributed by atoms with Crippen LogP contribution in [0.2, 0.25) is 0 Å². The van der Waals surface area contributed by atoms with Crippen LogP contribution in [0.15, 0.2) is 61.2 Å². The Bertz CT molecular complexity index is 710. The van der Waals surface area contributed by atoms with Crippen LogP contribution < -0.4 is 14.2 Å². The number of carbonyl (C=O) groups is 1. The number of carbonyl (C=O) groups excluding carboxylic acids is 1. The van der Waals surface area contributed by atoms with E-state index in [-0.39, 0.29) is 0 Å². The summed E-state index contributed by atoms with van der Waals surface area (Å²) in [6, 6.07) is 14.0. The predicted octanol–water partition coefficient (Wildman–Crippen LogP) is 5.73. The number of hydrogen-bond acceptors (Lipinski definition) is 5. The molecule has 0 fully saturated rings. The fourth-order valence-electron chi connectivity index (χ4n) is 2.47. The standard InChI is InChI=1S/C23H28O4S/c1-2-3-16-25-21-12-14-22(15-13-21)27-23(24)19-8-10-20(11-9-19)26-17-6-4-5-7-18-28/h2,8-15,28H,1,3-7,16-18H2. The van der Waals surface area contributed by atoms with Crippen LogP contribution in [-0.4, -0.2) is 24.9 Å². The van der Waals surface area contributed by atoms with Crippen LogP contribution in [-0.2, 0) is 0 Å². The third-order valence-electron chi connectivity index (χ3n) is 4.04. The molecule has 0 aliphatic carbocycles. The maximum absolute atomic E-state index is 12.3. The van der Waals surface area contributed by atoms with E-state index < -0.39 is 5.97 Å². The van der Waals surface area contributed by atoms with Gasteiger partial charge in [-0.3, -0.25) is 0 Å². The van der Waals surface area contributed by atoms with E-state index in [1.54, 1.807) is 54.6 Å². The summed E-state index contributed by atoms with van der Waals surface area (Å²) in [5.41, 5.74) is 0.479. The first kappa shape index (κ1) is 21.9. The molecule has 0 aliphatic heterocycles. The highest BCUT2D eigenvalue weighted by molar-refractivity contribution is 7.80. The minimum atomic E-state index is -0.404. The zero-order valence-corrected chi connectivity index (χ0v) is 17.0. The van der Waals surface area contributed by atoms with Gasteiger partial charge in [0, 0.05) is 0 Å². The predicted molar refractivity (Wildman–Crippen MR) is 116 cm³/mol. The van der Waals surface area contributed by atoms with Crippen molar-refractivity contribution >= 4 is 18.6 Å². The van der Waals surface area contributed by atoms with Gasteiger partial charge in [-0.1, -0.05) is 18.9 Å². The number of thiol groups is 1. The van der Waals surface area contributed by atoms with Gasteiger partial charge in [0.05, 0.1) is 18.8 Å². The average Bonchev–Trinajstić information content (AvgIpc) is 2.72. The van der Waals surface area contributed by atoms with Crippen LogP contribution in [0.5, 0.6) is 17.2 Å². The largest absolute Gasteiger partial charge is 0.494 e. The van der Waals surface area contributed by atoms with E-state index in [4.69, 9.17) is 14.2 Å². The zero-order valence-electron chi connectivity index (χ0n) is 16.1. The van der Waals surface area contributed by atoms with Gasteiger partial charge in [-0.2, -0.15) is 12.6 Å². The van der Waals surface area contributed by atoms with Crippen LogP contribution >= 0.6 is 12.6 Å². The molecular weight excluding hydrogens is 372 g/mol. The molecular formula is C23H28O4S. The molecule has 0 N–H and O–H groups in total. The highest BCUT2D eigenvalue weighted by Gasteiger charge is 2.09. The van der Waals surface area contributed by atoms with Gasteiger partial charge in [-0.15, -0.1) is 6.58 Å². The molecule has 0 saturated carbocycles. The summed E-state index contributed by atoms with van der Waals surface area (Å²) in [6.45, 7) is 4.91. The highest BCUT2D eigenvalue weighted by Crippen LogP contribution is 2.20. The number of ether oxygens (including phenoxy) is 3. The van der Waals surface area contributed by atoms with Crippen LogP contribution in [0.4, 0.5) is 0 Å². The van der Waals surface area contributed by atoms with Crippen molar-refractivity contribution in [2.75, 3.05) is 19.0 Å². The third-order valence-corrected chi connectivity index (χ3v) is 4.35. The lowest BCUT2D eigenvalue weighted by atomic mass is 10.2. The molecule has 0 radical (unpaired) electrons. The molecule has 0 aliphatic rings. The van der Waals surface area contributed by atoms with E-state index in [0.717, 1.165) is 42.9 Å². The van der Waals surface area contributed by atoms with Crippen molar-refractivity contribution < 1.29 is 19.0 Å². The number of unbranched alkanes of at least 4 members (excludes halogenated alkanes) is 3. The van der Waals surface area contributed by atoms with Crippen molar-refractivity contribution in [3.05, 3.63) is 66.7 Å². The van der Waals surface area contributed by atoms with Crippen LogP contribution in [0.1, 0.15) is 42.5 Å². The molecule has 150 valence electrons. The van der Waals surface area contributed by atoms with Gasteiger partial charge in [0.2, 0.25) is 0 Å². The second-order valence-corrected chi connectivity index (χ2v) is 6.74. The van der Waals surface area contributed by atoms with Crippen molar-refractivity contribution in [2.45, 2.75) is 32.1 Å². The van der Waals surface area contributed by atoms with Crippen molar-refractivity contribution in [2.24, 2.45) is 0 Å². The van der Waals surface area contributed by atoms with Crippen LogP contribution in [0, 0.1) is 0 Å². The average molecular weight is 401 g/mol. The van der Waals surface area contributed by atoms with E-state index >= 15 is 0 Å². The Morgan fingerprint density at radius 1 is 0.821 bits per heavy atom. The fourth-order valence-corrected chi connectivity index (χ4v) is 2.70. The van der Waals surface area contributed by atoms with Crippen molar-refractivity contribution in [1.82, 2.24) is 0 Å². The normalized spacial score (nSPS) is 10.3. The summed E-state index contributed by atoms with van der Waals surface area (Å²) >= 11 is 4.20. The summed E-state index contributed by atoms with van der Waals surface area (Å²) in [7, 11) is 0. The van der Waals surface area contributed by atoms with Gasteiger partial charge < -0.3 is 14.2 Å². The summed E-state index contributed by atoms with van der Waals surface area (Å²) in [5, 5.41) is 0. The van der Waals surface area contributed by atoms with Gasteiger partial charge >= 0.3 is 5.97 Å². The van der Waals surface area contributed by atoms with Crippen molar-refractivity contribution in [3.8, 4) is 17.2 Å². The molecule has 0 atom stereocenters. The van der Waals surface area contributed by atoms with Gasteiger partial charge in [0.1, 0.15) is 17.2 Å². The Labute approximate surface area is 172 Å². The van der Waals surface area contributed by atoms with E-state index in [1.165, 1.54) is 6.42 Å².